The summed E-state index contributed by atoms with van der Waals surface area (Å²) < 4.78 is 6.09. The van der Waals surface area contributed by atoms with Crippen LogP contribution in [0.1, 0.15) is 57.1 Å². The number of ether oxygens (including phenoxy) is 1. The van der Waals surface area contributed by atoms with E-state index in [9.17, 15) is 0 Å². The summed E-state index contributed by atoms with van der Waals surface area (Å²) in [5, 5.41) is 3.78. The summed E-state index contributed by atoms with van der Waals surface area (Å²) in [6, 6.07) is 5.18. The molecule has 19 heavy (non-hydrogen) atoms. The highest BCUT2D eigenvalue weighted by Crippen LogP contribution is 2.40. The van der Waals surface area contributed by atoms with Crippen molar-refractivity contribution in [2.45, 2.75) is 63.1 Å². The van der Waals surface area contributed by atoms with Gasteiger partial charge in [0.2, 0.25) is 0 Å². The van der Waals surface area contributed by atoms with E-state index in [2.05, 4.69) is 29.4 Å². The van der Waals surface area contributed by atoms with Crippen molar-refractivity contribution < 1.29 is 4.74 Å². The molecule has 1 saturated carbocycles. The Kier molecular flexibility index (Phi) is 3.85. The van der Waals surface area contributed by atoms with Crippen molar-refractivity contribution in [3.8, 4) is 0 Å². The largest absolute Gasteiger partial charge is 0.375 e. The van der Waals surface area contributed by atoms with Gasteiger partial charge < -0.3 is 10.1 Å². The molecule has 0 amide bonds. The average molecular weight is 260 g/mol. The summed E-state index contributed by atoms with van der Waals surface area (Å²) in [6.07, 6.45) is 11.3. The van der Waals surface area contributed by atoms with Crippen LogP contribution in [-0.4, -0.2) is 23.2 Å². The average Bonchev–Trinajstić information content (AvgIpc) is 2.88. The zero-order chi connectivity index (χ0) is 13.1. The fourth-order valence-corrected chi connectivity index (χ4v) is 3.64. The van der Waals surface area contributed by atoms with Crippen LogP contribution in [0.5, 0.6) is 0 Å². The van der Waals surface area contributed by atoms with Gasteiger partial charge >= 0.3 is 0 Å². The van der Waals surface area contributed by atoms with Crippen molar-refractivity contribution in [2.24, 2.45) is 0 Å². The van der Waals surface area contributed by atoms with E-state index < -0.39 is 0 Å². The maximum atomic E-state index is 6.09. The highest BCUT2D eigenvalue weighted by Gasteiger charge is 2.39. The molecule has 1 aromatic rings. The zero-order valence-electron chi connectivity index (χ0n) is 11.8. The molecule has 0 radical (unpaired) electrons. The first-order valence-corrected chi connectivity index (χ1v) is 7.57. The molecule has 3 rings (SSSR count). The lowest BCUT2D eigenvalue weighted by molar-refractivity contribution is -0.0846. The first-order chi connectivity index (χ1) is 9.27. The molecule has 104 valence electrons. The van der Waals surface area contributed by atoms with Crippen molar-refractivity contribution in [1.29, 1.82) is 0 Å². The van der Waals surface area contributed by atoms with Gasteiger partial charge in [-0.3, -0.25) is 4.98 Å². The highest BCUT2D eigenvalue weighted by atomic mass is 16.5. The van der Waals surface area contributed by atoms with Gasteiger partial charge in [-0.1, -0.05) is 12.8 Å². The van der Waals surface area contributed by atoms with Crippen molar-refractivity contribution in [3.05, 3.63) is 30.1 Å². The smallest absolute Gasteiger partial charge is 0.0697 e. The molecular weight excluding hydrogens is 236 g/mol. The summed E-state index contributed by atoms with van der Waals surface area (Å²) in [4.78, 5) is 4.08. The van der Waals surface area contributed by atoms with E-state index in [1.165, 1.54) is 37.7 Å². The lowest BCUT2D eigenvalue weighted by Gasteiger charge is -2.39. The number of aromatic nitrogens is 1. The normalized spacial score (nSPS) is 27.5. The van der Waals surface area contributed by atoms with Crippen LogP contribution in [0, 0.1) is 0 Å². The molecule has 2 fully saturated rings. The molecule has 1 aliphatic heterocycles. The van der Waals surface area contributed by atoms with Gasteiger partial charge in [0.05, 0.1) is 5.60 Å². The van der Waals surface area contributed by atoms with E-state index in [1.807, 2.05) is 12.4 Å². The van der Waals surface area contributed by atoms with E-state index in [1.54, 1.807) is 0 Å². The number of nitrogens with one attached hydrogen (secondary N) is 1. The summed E-state index contributed by atoms with van der Waals surface area (Å²) in [6.45, 7) is 3.16. The number of hydrogen-bond acceptors (Lipinski definition) is 3. The Morgan fingerprint density at radius 3 is 2.79 bits per heavy atom. The quantitative estimate of drug-likeness (QED) is 0.906. The van der Waals surface area contributed by atoms with Crippen LogP contribution >= 0.6 is 0 Å². The Morgan fingerprint density at radius 1 is 1.32 bits per heavy atom. The molecule has 1 aliphatic carbocycles. The molecule has 1 aromatic heterocycles. The van der Waals surface area contributed by atoms with Gasteiger partial charge in [-0.25, -0.2) is 0 Å². The molecule has 1 N–H and O–H groups in total. The first-order valence-electron chi connectivity index (χ1n) is 7.57. The summed E-state index contributed by atoms with van der Waals surface area (Å²) in [5.74, 6) is 0. The molecule has 1 unspecified atom stereocenters. The third-order valence-corrected chi connectivity index (χ3v) is 4.70. The standard InChI is InChI=1S/C16H24N2O/c1-13(14-4-9-17-10-5-14)18-15-6-11-19-16(12-15)7-2-3-8-16/h4-5,9-10,13,15,18H,2-3,6-8,11-12H2,1H3/t13-,15?/m0/s1. The Hall–Kier alpha value is -0.930. The van der Waals surface area contributed by atoms with Crippen molar-refractivity contribution in [3.63, 3.8) is 0 Å². The highest BCUT2D eigenvalue weighted by molar-refractivity contribution is 5.14. The molecule has 0 bridgehead atoms. The number of nitrogens with zero attached hydrogens (tertiary/aromatic N) is 1. The maximum absolute atomic E-state index is 6.09. The second-order valence-corrected chi connectivity index (χ2v) is 6.10. The van der Waals surface area contributed by atoms with E-state index in [0.29, 0.717) is 12.1 Å². The van der Waals surface area contributed by atoms with E-state index in [-0.39, 0.29) is 5.60 Å². The Labute approximate surface area is 115 Å². The Balaban J connectivity index is 1.60. The van der Waals surface area contributed by atoms with Crippen molar-refractivity contribution >= 4 is 0 Å². The first kappa shape index (κ1) is 13.1. The fraction of sp³-hybridized carbons (Fsp3) is 0.688. The second kappa shape index (κ2) is 5.59. The lowest BCUT2D eigenvalue weighted by atomic mass is 9.88. The van der Waals surface area contributed by atoms with Gasteiger partial charge in [0.15, 0.2) is 0 Å². The minimum absolute atomic E-state index is 0.202. The van der Waals surface area contributed by atoms with Crippen LogP contribution in [-0.2, 0) is 4.74 Å². The van der Waals surface area contributed by atoms with Gasteiger partial charge in [-0.2, -0.15) is 0 Å². The van der Waals surface area contributed by atoms with Crippen LogP contribution < -0.4 is 5.32 Å². The number of rotatable bonds is 3. The third-order valence-electron chi connectivity index (χ3n) is 4.70. The van der Waals surface area contributed by atoms with Crippen LogP contribution in [0.4, 0.5) is 0 Å². The number of pyridine rings is 1. The summed E-state index contributed by atoms with van der Waals surface area (Å²) in [7, 11) is 0. The molecular formula is C16H24N2O. The molecule has 1 spiro atoms. The van der Waals surface area contributed by atoms with Crippen molar-refractivity contribution in [1.82, 2.24) is 10.3 Å². The number of hydrogen-bond donors (Lipinski definition) is 1. The predicted molar refractivity (Wildman–Crippen MR) is 76.0 cm³/mol. The molecule has 1 saturated heterocycles. The monoisotopic (exact) mass is 260 g/mol. The van der Waals surface area contributed by atoms with Crippen LogP contribution in [0.2, 0.25) is 0 Å². The molecule has 3 heteroatoms. The summed E-state index contributed by atoms with van der Waals surface area (Å²) >= 11 is 0. The van der Waals surface area contributed by atoms with Gasteiger partial charge in [-0.05, 0) is 50.3 Å². The zero-order valence-corrected chi connectivity index (χ0v) is 11.8. The minimum Gasteiger partial charge on any atom is -0.375 e. The molecule has 2 atom stereocenters. The maximum Gasteiger partial charge on any atom is 0.0697 e. The van der Waals surface area contributed by atoms with E-state index in [4.69, 9.17) is 4.74 Å². The van der Waals surface area contributed by atoms with Gasteiger partial charge in [0, 0.05) is 31.1 Å². The van der Waals surface area contributed by atoms with E-state index in [0.717, 1.165) is 13.0 Å². The van der Waals surface area contributed by atoms with Gasteiger partial charge in [0.1, 0.15) is 0 Å². The van der Waals surface area contributed by atoms with E-state index >= 15 is 0 Å². The van der Waals surface area contributed by atoms with Crippen LogP contribution in [0.3, 0.4) is 0 Å². The van der Waals surface area contributed by atoms with Gasteiger partial charge in [-0.15, -0.1) is 0 Å². The lowest BCUT2D eigenvalue weighted by Crippen LogP contribution is -2.46. The minimum atomic E-state index is 0.202. The van der Waals surface area contributed by atoms with Crippen molar-refractivity contribution in [2.75, 3.05) is 6.61 Å². The third kappa shape index (κ3) is 2.98. The molecule has 3 nitrogen and oxygen atoms in total. The SMILES string of the molecule is C[C@H](NC1CCOC2(CCCC2)C1)c1ccncc1. The molecule has 0 aromatic carbocycles. The van der Waals surface area contributed by atoms with Crippen LogP contribution in [0.25, 0.3) is 0 Å². The summed E-state index contributed by atoms with van der Waals surface area (Å²) in [5.41, 5.74) is 1.52. The second-order valence-electron chi connectivity index (χ2n) is 6.10. The fourth-order valence-electron chi connectivity index (χ4n) is 3.64. The molecule has 2 heterocycles. The van der Waals surface area contributed by atoms with Crippen LogP contribution in [0.15, 0.2) is 24.5 Å². The molecule has 2 aliphatic rings. The van der Waals surface area contributed by atoms with Gasteiger partial charge in [0.25, 0.3) is 0 Å². The topological polar surface area (TPSA) is 34.1 Å². The predicted octanol–water partition coefficient (Wildman–Crippen LogP) is 3.22. The Morgan fingerprint density at radius 2 is 2.05 bits per heavy atom. The Bertz CT molecular complexity index is 400.